The molecular weight excluding hydrogens is 236 g/mol. The van der Waals surface area contributed by atoms with Gasteiger partial charge in [0, 0.05) is 0 Å². The van der Waals surface area contributed by atoms with Crippen molar-refractivity contribution in [1.82, 2.24) is 0 Å². The fourth-order valence-electron chi connectivity index (χ4n) is 2.12. The molecule has 0 heterocycles. The van der Waals surface area contributed by atoms with Gasteiger partial charge in [0.25, 0.3) is 0 Å². The minimum Gasteiger partial charge on any atom is -0.197 e. The van der Waals surface area contributed by atoms with Crippen LogP contribution in [0.1, 0.15) is 0 Å². The first kappa shape index (κ1) is 11.4. The number of rotatable bonds is 3. The van der Waals surface area contributed by atoms with Crippen LogP contribution in [0.5, 0.6) is 0 Å². The molecule has 0 radical (unpaired) electrons. The average Bonchev–Trinajstić information content (AvgIpc) is 2.49. The number of hydrogen-bond acceptors (Lipinski definition) is 2. The van der Waals surface area contributed by atoms with E-state index in [0.29, 0.717) is 0 Å². The zero-order chi connectivity index (χ0) is 13.1. The first-order valence-corrected chi connectivity index (χ1v) is 6.06. The van der Waals surface area contributed by atoms with Crippen LogP contribution in [0.15, 0.2) is 78.1 Å². The van der Waals surface area contributed by atoms with Crippen molar-refractivity contribution in [3.63, 3.8) is 0 Å². The van der Waals surface area contributed by atoms with Crippen molar-refractivity contribution >= 4 is 22.1 Å². The van der Waals surface area contributed by atoms with E-state index in [2.05, 4.69) is 5.29 Å². The van der Waals surface area contributed by atoms with Crippen LogP contribution in [-0.4, -0.2) is 0 Å². The number of para-hydroxylation sites is 1. The monoisotopic (exact) mass is 248 g/mol. The molecule has 0 spiro atoms. The summed E-state index contributed by atoms with van der Waals surface area (Å²) >= 11 is 0. The number of benzene rings is 3. The van der Waals surface area contributed by atoms with E-state index in [0.717, 1.165) is 22.1 Å². The molecule has 0 saturated carbocycles. The zero-order valence-electron chi connectivity index (χ0n) is 10.2. The second-order valence-electron chi connectivity index (χ2n) is 4.26. The summed E-state index contributed by atoms with van der Waals surface area (Å²) in [7, 11) is 0. The smallest absolute Gasteiger partial charge is 0.0691 e. The molecule has 19 heavy (non-hydrogen) atoms. The molecule has 0 N–H and O–H groups in total. The van der Waals surface area contributed by atoms with Crippen LogP contribution >= 0.6 is 0 Å². The van der Waals surface area contributed by atoms with Crippen molar-refractivity contribution in [1.29, 1.82) is 0 Å². The van der Waals surface area contributed by atoms with E-state index < -0.39 is 0 Å². The van der Waals surface area contributed by atoms with Gasteiger partial charge < -0.3 is 0 Å². The molecule has 0 amide bonds. The van der Waals surface area contributed by atoms with Crippen LogP contribution in [0.2, 0.25) is 0 Å². The molecule has 0 atom stereocenters. The third kappa shape index (κ3) is 2.18. The number of nitroso groups, excluding NO2 is 1. The van der Waals surface area contributed by atoms with Gasteiger partial charge in [0.1, 0.15) is 0 Å². The minimum atomic E-state index is 0.757. The molecular formula is C16H12N2O. The van der Waals surface area contributed by atoms with E-state index in [1.54, 1.807) is 0 Å². The Hall–Kier alpha value is -2.68. The molecule has 0 unspecified atom stereocenters. The number of hydrogen-bond donors (Lipinski definition) is 0. The van der Waals surface area contributed by atoms with E-state index in [4.69, 9.17) is 0 Å². The van der Waals surface area contributed by atoms with Crippen molar-refractivity contribution in [2.75, 3.05) is 5.01 Å². The highest BCUT2D eigenvalue weighted by atomic mass is 16.3. The molecule has 0 aliphatic heterocycles. The van der Waals surface area contributed by atoms with Crippen LogP contribution in [0.4, 0.5) is 11.4 Å². The third-order valence-corrected chi connectivity index (χ3v) is 3.06. The summed E-state index contributed by atoms with van der Waals surface area (Å²) in [4.78, 5) is 11.1. The lowest BCUT2D eigenvalue weighted by Crippen LogP contribution is -2.06. The molecule has 3 nitrogen and oxygen atoms in total. The molecule has 92 valence electrons. The van der Waals surface area contributed by atoms with Gasteiger partial charge >= 0.3 is 0 Å². The molecule has 0 bridgehead atoms. The van der Waals surface area contributed by atoms with Crippen molar-refractivity contribution < 1.29 is 0 Å². The lowest BCUT2D eigenvalue weighted by Gasteiger charge is -2.15. The van der Waals surface area contributed by atoms with Gasteiger partial charge in [-0.1, -0.05) is 48.5 Å². The summed E-state index contributed by atoms with van der Waals surface area (Å²) in [6.07, 6.45) is 0. The van der Waals surface area contributed by atoms with Crippen LogP contribution < -0.4 is 5.01 Å². The topological polar surface area (TPSA) is 32.7 Å². The van der Waals surface area contributed by atoms with Crippen LogP contribution in [-0.2, 0) is 0 Å². The second-order valence-corrected chi connectivity index (χ2v) is 4.26. The number of nitrogens with zero attached hydrogens (tertiary/aromatic N) is 2. The Morgan fingerprint density at radius 2 is 1.37 bits per heavy atom. The Bertz CT molecular complexity index is 710. The summed E-state index contributed by atoms with van der Waals surface area (Å²) in [5.74, 6) is 0. The van der Waals surface area contributed by atoms with Gasteiger partial charge in [-0.3, -0.25) is 0 Å². The molecule has 0 aliphatic carbocycles. The highest BCUT2D eigenvalue weighted by molar-refractivity contribution is 5.86. The van der Waals surface area contributed by atoms with Gasteiger partial charge in [0.15, 0.2) is 0 Å². The highest BCUT2D eigenvalue weighted by Crippen LogP contribution is 2.28. The van der Waals surface area contributed by atoms with Gasteiger partial charge in [-0.2, -0.15) is 5.01 Å². The number of anilines is 2. The van der Waals surface area contributed by atoms with Gasteiger partial charge in [-0.25, -0.2) is 0 Å². The van der Waals surface area contributed by atoms with E-state index in [1.165, 1.54) is 5.01 Å². The SMILES string of the molecule is O=NN(c1ccccc1)c1ccc2ccccc2c1. The highest BCUT2D eigenvalue weighted by Gasteiger charge is 2.09. The Morgan fingerprint density at radius 1 is 0.684 bits per heavy atom. The predicted molar refractivity (Wildman–Crippen MR) is 78.3 cm³/mol. The van der Waals surface area contributed by atoms with E-state index >= 15 is 0 Å². The second kappa shape index (κ2) is 4.90. The predicted octanol–water partition coefficient (Wildman–Crippen LogP) is 4.66. The quantitative estimate of drug-likeness (QED) is 0.499. The summed E-state index contributed by atoms with van der Waals surface area (Å²) in [5, 5.41) is 6.75. The van der Waals surface area contributed by atoms with E-state index in [9.17, 15) is 4.91 Å². The molecule has 3 aromatic rings. The van der Waals surface area contributed by atoms with E-state index in [-0.39, 0.29) is 0 Å². The summed E-state index contributed by atoms with van der Waals surface area (Å²) in [6.45, 7) is 0. The maximum absolute atomic E-state index is 11.1. The zero-order valence-corrected chi connectivity index (χ0v) is 10.2. The molecule has 0 aliphatic rings. The molecule has 3 aromatic carbocycles. The van der Waals surface area contributed by atoms with Gasteiger partial charge in [-0.15, -0.1) is 4.91 Å². The first-order valence-electron chi connectivity index (χ1n) is 6.06. The standard InChI is InChI=1S/C16H12N2O/c19-17-18(15-8-2-1-3-9-15)16-11-10-13-6-4-5-7-14(13)12-16/h1-12H. The fourth-order valence-corrected chi connectivity index (χ4v) is 2.12. The van der Waals surface area contributed by atoms with Crippen molar-refractivity contribution in [2.24, 2.45) is 5.29 Å². The third-order valence-electron chi connectivity index (χ3n) is 3.06. The maximum Gasteiger partial charge on any atom is 0.0691 e. The van der Waals surface area contributed by atoms with Crippen LogP contribution in [0, 0.1) is 4.91 Å². The van der Waals surface area contributed by atoms with Gasteiger partial charge in [0.2, 0.25) is 0 Å². The van der Waals surface area contributed by atoms with E-state index in [1.807, 2.05) is 72.8 Å². The average molecular weight is 248 g/mol. The van der Waals surface area contributed by atoms with Gasteiger partial charge in [-0.05, 0) is 35.0 Å². The normalized spacial score (nSPS) is 10.3. The minimum absolute atomic E-state index is 0.757. The lowest BCUT2D eigenvalue weighted by molar-refractivity contribution is 1.07. The van der Waals surface area contributed by atoms with Gasteiger partial charge in [0.05, 0.1) is 16.7 Å². The maximum atomic E-state index is 11.1. The van der Waals surface area contributed by atoms with Crippen LogP contribution in [0.25, 0.3) is 10.8 Å². The largest absolute Gasteiger partial charge is 0.197 e. The summed E-state index contributed by atoms with van der Waals surface area (Å²) in [6, 6.07) is 23.3. The first-order chi connectivity index (χ1) is 9.38. The Labute approximate surface area is 111 Å². The van der Waals surface area contributed by atoms with Crippen LogP contribution in [0.3, 0.4) is 0 Å². The molecule has 0 aromatic heterocycles. The summed E-state index contributed by atoms with van der Waals surface area (Å²) in [5.41, 5.74) is 1.52. The Balaban J connectivity index is 2.09. The number of fused-ring (bicyclic) bond motifs is 1. The van der Waals surface area contributed by atoms with Crippen molar-refractivity contribution in [2.45, 2.75) is 0 Å². The Morgan fingerprint density at radius 3 is 2.11 bits per heavy atom. The van der Waals surface area contributed by atoms with Crippen molar-refractivity contribution in [3.8, 4) is 0 Å². The molecule has 0 saturated heterocycles. The molecule has 3 rings (SSSR count). The Kier molecular flexibility index (Phi) is 2.94. The summed E-state index contributed by atoms with van der Waals surface area (Å²) < 4.78 is 0. The molecule has 0 fully saturated rings. The lowest BCUT2D eigenvalue weighted by atomic mass is 10.1. The fraction of sp³-hybridized carbons (Fsp3) is 0. The van der Waals surface area contributed by atoms with Crippen molar-refractivity contribution in [3.05, 3.63) is 77.7 Å². The molecule has 3 heteroatoms.